The van der Waals surface area contributed by atoms with Crippen molar-refractivity contribution in [2.24, 2.45) is 5.92 Å². The fraction of sp³-hybridized carbons (Fsp3) is 0.846. The molecule has 5 heteroatoms. The highest BCUT2D eigenvalue weighted by atomic mass is 16.5. The Bertz CT molecular complexity index is 327. The molecule has 0 aromatic heterocycles. The van der Waals surface area contributed by atoms with E-state index in [1.54, 1.807) is 0 Å². The van der Waals surface area contributed by atoms with E-state index in [4.69, 9.17) is 9.84 Å². The van der Waals surface area contributed by atoms with Crippen LogP contribution in [-0.2, 0) is 14.3 Å². The van der Waals surface area contributed by atoms with E-state index in [1.165, 1.54) is 12.8 Å². The van der Waals surface area contributed by atoms with E-state index >= 15 is 0 Å². The second kappa shape index (κ2) is 5.69. The van der Waals surface area contributed by atoms with Gasteiger partial charge in [0.1, 0.15) is 6.10 Å². The SMILES string of the molecule is CCC(CC1CC1)NC(=O)[C@@H]1CC[C@H](C(=O)O)O1. The van der Waals surface area contributed by atoms with Gasteiger partial charge in [0, 0.05) is 6.04 Å². The van der Waals surface area contributed by atoms with Crippen LogP contribution in [-0.4, -0.2) is 35.2 Å². The van der Waals surface area contributed by atoms with Crippen LogP contribution < -0.4 is 5.32 Å². The van der Waals surface area contributed by atoms with Crippen LogP contribution in [0.25, 0.3) is 0 Å². The molecule has 2 N–H and O–H groups in total. The van der Waals surface area contributed by atoms with Crippen LogP contribution in [0.15, 0.2) is 0 Å². The predicted octanol–water partition coefficient (Wildman–Crippen LogP) is 1.31. The number of carboxylic acid groups (broad SMARTS) is 1. The molecule has 1 amide bonds. The van der Waals surface area contributed by atoms with Crippen LogP contribution in [0, 0.1) is 5.92 Å². The van der Waals surface area contributed by atoms with Gasteiger partial charge in [-0.3, -0.25) is 4.79 Å². The molecule has 2 fully saturated rings. The Labute approximate surface area is 107 Å². The minimum absolute atomic E-state index is 0.147. The van der Waals surface area contributed by atoms with Gasteiger partial charge in [-0.25, -0.2) is 4.79 Å². The molecule has 18 heavy (non-hydrogen) atoms. The van der Waals surface area contributed by atoms with Crippen molar-refractivity contribution in [1.82, 2.24) is 5.32 Å². The summed E-state index contributed by atoms with van der Waals surface area (Å²) >= 11 is 0. The average molecular weight is 255 g/mol. The Hall–Kier alpha value is -1.10. The van der Waals surface area contributed by atoms with Crippen molar-refractivity contribution >= 4 is 11.9 Å². The first-order valence-electron chi connectivity index (χ1n) is 6.78. The van der Waals surface area contributed by atoms with Crippen molar-refractivity contribution in [1.29, 1.82) is 0 Å². The Morgan fingerprint density at radius 3 is 2.44 bits per heavy atom. The maximum atomic E-state index is 12.0. The third-order valence-corrected chi connectivity index (χ3v) is 3.74. The number of hydrogen-bond donors (Lipinski definition) is 2. The van der Waals surface area contributed by atoms with E-state index in [9.17, 15) is 9.59 Å². The monoisotopic (exact) mass is 255 g/mol. The molecule has 1 saturated heterocycles. The molecule has 3 atom stereocenters. The number of hydrogen-bond acceptors (Lipinski definition) is 3. The number of ether oxygens (including phenoxy) is 1. The number of nitrogens with one attached hydrogen (secondary N) is 1. The molecule has 1 aliphatic carbocycles. The van der Waals surface area contributed by atoms with E-state index in [2.05, 4.69) is 12.2 Å². The normalized spacial score (nSPS) is 28.9. The third kappa shape index (κ3) is 3.45. The van der Waals surface area contributed by atoms with Crippen LogP contribution in [0.1, 0.15) is 45.4 Å². The van der Waals surface area contributed by atoms with E-state index < -0.39 is 18.2 Å². The summed E-state index contributed by atoms with van der Waals surface area (Å²) in [6, 6.07) is 0.206. The molecule has 1 aliphatic heterocycles. The predicted molar refractivity (Wildman–Crippen MR) is 65.1 cm³/mol. The standard InChI is InChI=1S/C13H21NO4/c1-2-9(7-8-3-4-8)14-12(15)10-5-6-11(18-10)13(16)17/h8-11H,2-7H2,1H3,(H,14,15)(H,16,17)/t9?,10-,11+/m0/s1. The molecule has 2 rings (SSSR count). The van der Waals surface area contributed by atoms with Gasteiger partial charge in [-0.1, -0.05) is 19.8 Å². The van der Waals surface area contributed by atoms with Crippen LogP contribution in [0.3, 0.4) is 0 Å². The Kier molecular flexibility index (Phi) is 4.22. The quantitative estimate of drug-likeness (QED) is 0.750. The fourth-order valence-electron chi connectivity index (χ4n) is 2.39. The molecular formula is C13H21NO4. The fourth-order valence-corrected chi connectivity index (χ4v) is 2.39. The first-order valence-corrected chi connectivity index (χ1v) is 6.78. The highest BCUT2D eigenvalue weighted by Crippen LogP contribution is 2.34. The van der Waals surface area contributed by atoms with E-state index in [1.807, 2.05) is 0 Å². The zero-order chi connectivity index (χ0) is 13.1. The number of rotatable bonds is 6. The molecule has 5 nitrogen and oxygen atoms in total. The van der Waals surface area contributed by atoms with Gasteiger partial charge in [0.15, 0.2) is 6.10 Å². The molecule has 0 aromatic rings. The maximum Gasteiger partial charge on any atom is 0.332 e. The van der Waals surface area contributed by atoms with Crippen LogP contribution in [0.2, 0.25) is 0 Å². The highest BCUT2D eigenvalue weighted by Gasteiger charge is 2.35. The number of carboxylic acids is 1. The van der Waals surface area contributed by atoms with E-state index in [0.29, 0.717) is 12.8 Å². The zero-order valence-corrected chi connectivity index (χ0v) is 10.7. The number of carbonyl (C=O) groups is 2. The van der Waals surface area contributed by atoms with Gasteiger partial charge in [-0.05, 0) is 31.6 Å². The van der Waals surface area contributed by atoms with Gasteiger partial charge in [0.2, 0.25) is 5.91 Å². The summed E-state index contributed by atoms with van der Waals surface area (Å²) in [6.07, 6.45) is 4.02. The molecule has 0 spiro atoms. The van der Waals surface area contributed by atoms with Gasteiger partial charge in [-0.15, -0.1) is 0 Å². The van der Waals surface area contributed by atoms with Gasteiger partial charge >= 0.3 is 5.97 Å². The summed E-state index contributed by atoms with van der Waals surface area (Å²) in [4.78, 5) is 22.7. The molecule has 102 valence electrons. The van der Waals surface area contributed by atoms with E-state index in [0.717, 1.165) is 18.8 Å². The molecule has 0 aromatic carbocycles. The lowest BCUT2D eigenvalue weighted by molar-refractivity contribution is -0.151. The number of aliphatic carboxylic acids is 1. The van der Waals surface area contributed by atoms with Crippen LogP contribution in [0.4, 0.5) is 0 Å². The van der Waals surface area contributed by atoms with Crippen molar-refractivity contribution in [3.8, 4) is 0 Å². The van der Waals surface area contributed by atoms with Gasteiger partial charge in [0.25, 0.3) is 0 Å². The number of carbonyl (C=O) groups excluding carboxylic acids is 1. The Morgan fingerprint density at radius 1 is 1.28 bits per heavy atom. The van der Waals surface area contributed by atoms with E-state index in [-0.39, 0.29) is 11.9 Å². The molecule has 1 unspecified atom stereocenters. The first kappa shape index (κ1) is 13.3. The van der Waals surface area contributed by atoms with Gasteiger partial charge < -0.3 is 15.2 Å². The molecule has 2 aliphatic rings. The minimum atomic E-state index is -0.977. The lowest BCUT2D eigenvalue weighted by atomic mass is 10.1. The smallest absolute Gasteiger partial charge is 0.332 e. The summed E-state index contributed by atoms with van der Waals surface area (Å²) in [5.41, 5.74) is 0. The lowest BCUT2D eigenvalue weighted by Crippen LogP contribution is -2.41. The summed E-state index contributed by atoms with van der Waals surface area (Å²) < 4.78 is 5.24. The number of amides is 1. The summed E-state index contributed by atoms with van der Waals surface area (Å²) in [5, 5.41) is 11.8. The zero-order valence-electron chi connectivity index (χ0n) is 10.7. The molecule has 0 bridgehead atoms. The van der Waals surface area contributed by atoms with Crippen molar-refractivity contribution in [3.05, 3.63) is 0 Å². The summed E-state index contributed by atoms with van der Waals surface area (Å²) in [6.45, 7) is 2.06. The lowest BCUT2D eigenvalue weighted by Gasteiger charge is -2.19. The second-order valence-corrected chi connectivity index (χ2v) is 5.32. The van der Waals surface area contributed by atoms with Crippen molar-refractivity contribution in [3.63, 3.8) is 0 Å². The Balaban J connectivity index is 1.78. The highest BCUT2D eigenvalue weighted by molar-refractivity contribution is 5.82. The van der Waals surface area contributed by atoms with Crippen molar-refractivity contribution in [2.75, 3.05) is 0 Å². The maximum absolute atomic E-state index is 12.0. The van der Waals surface area contributed by atoms with Crippen LogP contribution >= 0.6 is 0 Å². The largest absolute Gasteiger partial charge is 0.479 e. The van der Waals surface area contributed by atoms with Gasteiger partial charge in [0.05, 0.1) is 0 Å². The van der Waals surface area contributed by atoms with Crippen molar-refractivity contribution < 1.29 is 19.4 Å². The molecule has 1 saturated carbocycles. The molecular weight excluding hydrogens is 234 g/mol. The average Bonchev–Trinajstić information content (AvgIpc) is 3.00. The van der Waals surface area contributed by atoms with Crippen molar-refractivity contribution in [2.45, 2.75) is 63.7 Å². The topological polar surface area (TPSA) is 75.6 Å². The Morgan fingerprint density at radius 2 is 1.94 bits per heavy atom. The minimum Gasteiger partial charge on any atom is -0.479 e. The van der Waals surface area contributed by atoms with Crippen LogP contribution in [0.5, 0.6) is 0 Å². The summed E-state index contributed by atoms with van der Waals surface area (Å²) in [5.74, 6) is -0.354. The third-order valence-electron chi connectivity index (χ3n) is 3.74. The van der Waals surface area contributed by atoms with Gasteiger partial charge in [-0.2, -0.15) is 0 Å². The second-order valence-electron chi connectivity index (χ2n) is 5.32. The first-order chi connectivity index (χ1) is 8.60. The summed E-state index contributed by atoms with van der Waals surface area (Å²) in [7, 11) is 0. The molecule has 0 radical (unpaired) electrons. The molecule has 1 heterocycles.